The van der Waals surface area contributed by atoms with Crippen LogP contribution in [0.3, 0.4) is 0 Å². The molecule has 0 bridgehead atoms. The number of nitrogen functional groups attached to an aromatic ring is 1. The zero-order valence-corrected chi connectivity index (χ0v) is 23.7. The topological polar surface area (TPSA) is 159 Å². The lowest BCUT2D eigenvalue weighted by molar-refractivity contribution is 0.00947. The second-order valence-corrected chi connectivity index (χ2v) is 11.9. The lowest BCUT2D eigenvalue weighted by Gasteiger charge is -2.30. The number of aliphatic hydroxyl groups is 1. The Balaban J connectivity index is 1.33. The summed E-state index contributed by atoms with van der Waals surface area (Å²) in [6.45, 7) is 2.00. The fraction of sp³-hybridized carbons (Fsp3) is 0.375. The van der Waals surface area contributed by atoms with Crippen molar-refractivity contribution in [3.8, 4) is 22.8 Å². The second-order valence-electron chi connectivity index (χ2n) is 11.9. The third-order valence-corrected chi connectivity index (χ3v) is 8.46. The van der Waals surface area contributed by atoms with E-state index in [0.717, 1.165) is 31.4 Å². The molecule has 3 aliphatic rings. The van der Waals surface area contributed by atoms with Crippen molar-refractivity contribution in [2.24, 2.45) is 23.3 Å². The highest BCUT2D eigenvalue weighted by molar-refractivity contribution is 5.96. The van der Waals surface area contributed by atoms with Crippen LogP contribution in [0.15, 0.2) is 48.2 Å². The summed E-state index contributed by atoms with van der Waals surface area (Å²) in [4.78, 5) is 18.3. The van der Waals surface area contributed by atoms with Crippen molar-refractivity contribution >= 4 is 17.7 Å². The van der Waals surface area contributed by atoms with Gasteiger partial charge in [0.2, 0.25) is 0 Å². The Labute approximate surface area is 243 Å². The molecule has 2 aromatic carbocycles. The zero-order chi connectivity index (χ0) is 29.8. The van der Waals surface area contributed by atoms with E-state index in [2.05, 4.69) is 5.32 Å². The van der Waals surface area contributed by atoms with E-state index in [1.807, 2.05) is 6.92 Å². The predicted molar refractivity (Wildman–Crippen MR) is 158 cm³/mol. The molecule has 0 unspecified atom stereocenters. The Morgan fingerprint density at radius 2 is 1.95 bits per heavy atom. The highest BCUT2D eigenvalue weighted by Crippen LogP contribution is 2.49. The number of fused-ring (bicyclic) bond motifs is 1. The molecule has 2 heterocycles. The van der Waals surface area contributed by atoms with Crippen molar-refractivity contribution in [3.63, 3.8) is 0 Å². The van der Waals surface area contributed by atoms with Crippen LogP contribution in [0.5, 0.6) is 11.5 Å². The fourth-order valence-electron chi connectivity index (χ4n) is 5.53. The van der Waals surface area contributed by atoms with Gasteiger partial charge >= 0.3 is 0 Å². The molecule has 6 rings (SSSR count). The summed E-state index contributed by atoms with van der Waals surface area (Å²) in [6.07, 6.45) is 5.42. The van der Waals surface area contributed by atoms with Gasteiger partial charge in [-0.05, 0) is 93.0 Å². The van der Waals surface area contributed by atoms with Crippen LogP contribution in [0.4, 0.5) is 10.1 Å². The molecule has 220 valence electrons. The maximum Gasteiger partial charge on any atom is 0.251 e. The molecular formula is C32H36FN5O4. The SMILES string of the molecule is COc1cc(C(=O)NC[C@](O)(c2cc3c(c(-c4ccc(F)cc4)n2)OC[C@]3(C)N)C2CC2)cc(/C=C(\N)C2CC2)c1N. The summed E-state index contributed by atoms with van der Waals surface area (Å²) < 4.78 is 25.1. The molecule has 3 aromatic rings. The number of carbonyl (C=O) groups excluding carboxylic acids is 1. The van der Waals surface area contributed by atoms with Crippen LogP contribution in [0, 0.1) is 17.7 Å². The van der Waals surface area contributed by atoms with Crippen LogP contribution >= 0.6 is 0 Å². The average Bonchev–Trinajstić information content (AvgIpc) is 3.89. The molecule has 1 aromatic heterocycles. The number of hydrogen-bond donors (Lipinski definition) is 5. The largest absolute Gasteiger partial charge is 0.495 e. The van der Waals surface area contributed by atoms with Crippen LogP contribution in [0.1, 0.15) is 59.8 Å². The molecule has 10 heteroatoms. The summed E-state index contributed by atoms with van der Waals surface area (Å²) in [5, 5.41) is 15.0. The number of benzene rings is 2. The van der Waals surface area contributed by atoms with Gasteiger partial charge < -0.3 is 37.1 Å². The lowest BCUT2D eigenvalue weighted by Crippen LogP contribution is -2.43. The van der Waals surface area contributed by atoms with Gasteiger partial charge in [0.15, 0.2) is 5.75 Å². The molecule has 1 aliphatic heterocycles. The number of ether oxygens (including phenoxy) is 2. The summed E-state index contributed by atoms with van der Waals surface area (Å²) in [5.41, 5.74) is 21.0. The molecule has 8 N–H and O–H groups in total. The van der Waals surface area contributed by atoms with Gasteiger partial charge in [0.05, 0.1) is 30.6 Å². The number of halogens is 1. The first-order valence-corrected chi connectivity index (χ1v) is 14.2. The van der Waals surface area contributed by atoms with Crippen LogP contribution in [-0.4, -0.2) is 36.3 Å². The van der Waals surface area contributed by atoms with Gasteiger partial charge in [0, 0.05) is 28.0 Å². The summed E-state index contributed by atoms with van der Waals surface area (Å²) in [6, 6.07) is 11.0. The van der Waals surface area contributed by atoms with Gasteiger partial charge in [-0.3, -0.25) is 4.79 Å². The van der Waals surface area contributed by atoms with Crippen molar-refractivity contribution < 1.29 is 23.8 Å². The first-order chi connectivity index (χ1) is 20.0. The number of amides is 1. The molecule has 2 atom stereocenters. The molecule has 42 heavy (non-hydrogen) atoms. The minimum Gasteiger partial charge on any atom is -0.495 e. The standard InChI is InChI=1S/C32H36FN5O4/c1-31(36)16-42-29-23(31)14-26(38-28(29)18-5-9-22(33)10-6-18)32(40,21-7-8-21)15-37-30(39)20-11-19(12-24(34)17-3-4-17)27(35)25(13-20)41-2/h5-6,9-14,17,21,40H,3-4,7-8,15-16,34-36H2,1-2H3,(H,37,39)/b24-12-/t31-,32+/m0/s1. The summed E-state index contributed by atoms with van der Waals surface area (Å²) >= 11 is 0. The highest BCUT2D eigenvalue weighted by atomic mass is 19.1. The van der Waals surface area contributed by atoms with Crippen LogP contribution in [0.2, 0.25) is 0 Å². The van der Waals surface area contributed by atoms with Gasteiger partial charge in [0.25, 0.3) is 5.91 Å². The Morgan fingerprint density at radius 3 is 2.60 bits per heavy atom. The summed E-state index contributed by atoms with van der Waals surface area (Å²) in [7, 11) is 1.49. The van der Waals surface area contributed by atoms with Crippen molar-refractivity contribution in [1.82, 2.24) is 10.3 Å². The molecule has 9 nitrogen and oxygen atoms in total. The van der Waals surface area contributed by atoms with E-state index in [1.165, 1.54) is 19.2 Å². The maximum atomic E-state index is 13.7. The Hall–Kier alpha value is -4.15. The average molecular weight is 574 g/mol. The third-order valence-electron chi connectivity index (χ3n) is 8.46. The Morgan fingerprint density at radius 1 is 1.24 bits per heavy atom. The molecule has 0 spiro atoms. The number of nitrogens with two attached hydrogens (primary N) is 3. The number of carbonyl (C=O) groups is 1. The van der Waals surface area contributed by atoms with Gasteiger partial charge in [-0.1, -0.05) is 0 Å². The number of nitrogens with one attached hydrogen (secondary N) is 1. The fourth-order valence-corrected chi connectivity index (χ4v) is 5.53. The third kappa shape index (κ3) is 5.16. The van der Waals surface area contributed by atoms with Gasteiger partial charge in [-0.25, -0.2) is 9.37 Å². The van der Waals surface area contributed by atoms with E-state index in [9.17, 15) is 14.3 Å². The van der Waals surface area contributed by atoms with Crippen molar-refractivity contribution in [3.05, 3.63) is 76.4 Å². The van der Waals surface area contributed by atoms with Crippen molar-refractivity contribution in [2.75, 3.05) is 26.0 Å². The van der Waals surface area contributed by atoms with E-state index in [1.54, 1.807) is 36.4 Å². The second kappa shape index (κ2) is 10.3. The molecule has 0 saturated heterocycles. The molecule has 0 radical (unpaired) electrons. The van der Waals surface area contributed by atoms with Crippen molar-refractivity contribution in [2.45, 2.75) is 43.7 Å². The molecule has 2 aliphatic carbocycles. The number of anilines is 1. The van der Waals surface area contributed by atoms with Crippen LogP contribution in [-0.2, 0) is 11.1 Å². The Bertz CT molecular complexity index is 1580. The van der Waals surface area contributed by atoms with Gasteiger partial charge in [-0.2, -0.15) is 0 Å². The molecular weight excluding hydrogens is 537 g/mol. The number of rotatable bonds is 9. The van der Waals surface area contributed by atoms with Crippen LogP contribution in [0.25, 0.3) is 17.3 Å². The highest BCUT2D eigenvalue weighted by Gasteiger charge is 2.48. The number of allylic oxidation sites excluding steroid dienone is 1. The van der Waals surface area contributed by atoms with E-state index in [-0.39, 0.29) is 24.9 Å². The quantitative estimate of drug-likeness (QED) is 0.242. The van der Waals surface area contributed by atoms with Gasteiger partial charge in [-0.15, -0.1) is 0 Å². The summed E-state index contributed by atoms with van der Waals surface area (Å²) in [5.74, 6) is 0.315. The first-order valence-electron chi connectivity index (χ1n) is 14.2. The van der Waals surface area contributed by atoms with Crippen LogP contribution < -0.4 is 32.0 Å². The van der Waals surface area contributed by atoms with Crippen molar-refractivity contribution in [1.29, 1.82) is 0 Å². The number of methoxy groups -OCH3 is 1. The molecule has 2 fully saturated rings. The zero-order valence-electron chi connectivity index (χ0n) is 23.7. The maximum absolute atomic E-state index is 13.7. The predicted octanol–water partition coefficient (Wildman–Crippen LogP) is 3.78. The molecule has 2 saturated carbocycles. The van der Waals surface area contributed by atoms with E-state index in [4.69, 9.17) is 31.7 Å². The Kier molecular flexibility index (Phi) is 6.86. The number of hydrogen-bond acceptors (Lipinski definition) is 8. The van der Waals surface area contributed by atoms with E-state index in [0.29, 0.717) is 56.7 Å². The number of nitrogens with zero attached hydrogens (tertiary/aromatic N) is 1. The monoisotopic (exact) mass is 573 g/mol. The first kappa shape index (κ1) is 28.0. The smallest absolute Gasteiger partial charge is 0.251 e. The van der Waals surface area contributed by atoms with E-state index >= 15 is 0 Å². The van der Waals surface area contributed by atoms with Gasteiger partial charge in [0.1, 0.15) is 29.5 Å². The minimum atomic E-state index is -1.48. The minimum absolute atomic E-state index is 0.0879. The lowest BCUT2D eigenvalue weighted by atomic mass is 9.87. The normalized spacial score (nSPS) is 21.3. The number of pyridine rings is 1. The molecule has 1 amide bonds. The number of aromatic nitrogens is 1. The van der Waals surface area contributed by atoms with E-state index < -0.39 is 17.0 Å².